The number of carbonyl (C=O) groups excluding carboxylic acids is 1. The second-order valence-electron chi connectivity index (χ2n) is 6.72. The predicted octanol–water partition coefficient (Wildman–Crippen LogP) is 4.76. The number of anilines is 1. The Labute approximate surface area is 187 Å². The van der Waals surface area contributed by atoms with Gasteiger partial charge in [-0.2, -0.15) is 0 Å². The zero-order chi connectivity index (χ0) is 20.2. The number of benzene rings is 2. The van der Waals surface area contributed by atoms with Crippen LogP contribution in [0, 0.1) is 0 Å². The Bertz CT molecular complexity index is 1000. The second kappa shape index (κ2) is 9.57. The van der Waals surface area contributed by atoms with E-state index < -0.39 is 0 Å². The average Bonchev–Trinajstić information content (AvgIpc) is 3.17. The van der Waals surface area contributed by atoms with Gasteiger partial charge >= 0.3 is 0 Å². The number of hydrogen-bond donors (Lipinski definition) is 0. The van der Waals surface area contributed by atoms with Gasteiger partial charge in [-0.25, -0.2) is 4.98 Å². The van der Waals surface area contributed by atoms with Crippen molar-refractivity contribution in [2.45, 2.75) is 4.90 Å². The first-order valence-corrected chi connectivity index (χ1v) is 12.3. The summed E-state index contributed by atoms with van der Waals surface area (Å²) in [6, 6.07) is 13.8. The molecule has 0 aliphatic carbocycles. The van der Waals surface area contributed by atoms with Gasteiger partial charge in [-0.3, -0.25) is 14.6 Å². The van der Waals surface area contributed by atoms with Gasteiger partial charge in [-0.15, -0.1) is 11.8 Å². The number of fused-ring (bicyclic) bond motifs is 1. The highest BCUT2D eigenvalue weighted by Crippen LogP contribution is 2.33. The Kier molecular flexibility index (Phi) is 6.87. The fourth-order valence-electron chi connectivity index (χ4n) is 3.27. The maximum Gasteiger partial charge on any atom is 0.261 e. The number of thioether (sulfide) groups is 1. The molecule has 0 radical (unpaired) electrons. The van der Waals surface area contributed by atoms with Crippen molar-refractivity contribution < 1.29 is 9.53 Å². The van der Waals surface area contributed by atoms with Crippen LogP contribution in [0.4, 0.5) is 5.13 Å². The number of aromatic nitrogens is 1. The average molecular weight is 492 g/mol. The third-order valence-electron chi connectivity index (χ3n) is 4.91. The Morgan fingerprint density at radius 2 is 2.07 bits per heavy atom. The number of nitrogens with zero attached hydrogens (tertiary/aromatic N) is 3. The first-order valence-electron chi connectivity index (χ1n) is 9.47. The van der Waals surface area contributed by atoms with Gasteiger partial charge in [0.25, 0.3) is 5.91 Å². The van der Waals surface area contributed by atoms with E-state index in [0.717, 1.165) is 52.7 Å². The van der Waals surface area contributed by atoms with Gasteiger partial charge in [0.05, 0.1) is 29.0 Å². The summed E-state index contributed by atoms with van der Waals surface area (Å²) in [5.41, 5.74) is 1.58. The molecule has 0 atom stereocenters. The maximum absolute atomic E-state index is 13.5. The van der Waals surface area contributed by atoms with Crippen LogP contribution in [0.5, 0.6) is 0 Å². The lowest BCUT2D eigenvalue weighted by Crippen LogP contribution is -2.43. The van der Waals surface area contributed by atoms with Gasteiger partial charge < -0.3 is 4.74 Å². The molecule has 1 saturated heterocycles. The fourth-order valence-corrected chi connectivity index (χ4v) is 5.26. The normalized spacial score (nSPS) is 15.0. The van der Waals surface area contributed by atoms with E-state index in [1.807, 2.05) is 35.2 Å². The van der Waals surface area contributed by atoms with E-state index in [1.54, 1.807) is 23.1 Å². The largest absolute Gasteiger partial charge is 0.379 e. The van der Waals surface area contributed by atoms with Crippen molar-refractivity contribution in [2.24, 2.45) is 0 Å². The Morgan fingerprint density at radius 1 is 1.28 bits per heavy atom. The van der Waals surface area contributed by atoms with Crippen molar-refractivity contribution in [3.8, 4) is 0 Å². The Morgan fingerprint density at radius 3 is 2.83 bits per heavy atom. The van der Waals surface area contributed by atoms with Crippen LogP contribution in [0.25, 0.3) is 10.2 Å². The van der Waals surface area contributed by atoms with Crippen molar-refractivity contribution in [3.63, 3.8) is 0 Å². The zero-order valence-electron chi connectivity index (χ0n) is 16.1. The van der Waals surface area contributed by atoms with Crippen LogP contribution >= 0.6 is 39.0 Å². The maximum atomic E-state index is 13.5. The van der Waals surface area contributed by atoms with E-state index in [0.29, 0.717) is 12.1 Å². The highest BCUT2D eigenvalue weighted by molar-refractivity contribution is 9.10. The van der Waals surface area contributed by atoms with E-state index in [2.05, 4.69) is 39.2 Å². The zero-order valence-corrected chi connectivity index (χ0v) is 19.4. The lowest BCUT2D eigenvalue weighted by Gasteiger charge is -2.29. The molecule has 1 aliphatic rings. The number of carbonyl (C=O) groups is 1. The van der Waals surface area contributed by atoms with Gasteiger partial charge in [0.15, 0.2) is 5.13 Å². The smallest absolute Gasteiger partial charge is 0.261 e. The van der Waals surface area contributed by atoms with Crippen molar-refractivity contribution in [1.29, 1.82) is 0 Å². The summed E-state index contributed by atoms with van der Waals surface area (Å²) >= 11 is 6.81. The minimum absolute atomic E-state index is 0.0325. The topological polar surface area (TPSA) is 45.7 Å². The van der Waals surface area contributed by atoms with Gasteiger partial charge in [0, 0.05) is 35.5 Å². The third-order valence-corrected chi connectivity index (χ3v) is 7.37. The van der Waals surface area contributed by atoms with Crippen LogP contribution in [-0.2, 0) is 4.74 Å². The summed E-state index contributed by atoms with van der Waals surface area (Å²) in [5, 5.41) is 0.743. The molecule has 1 fully saturated rings. The fraction of sp³-hybridized carbons (Fsp3) is 0.333. The molecule has 0 N–H and O–H groups in total. The highest BCUT2D eigenvalue weighted by Gasteiger charge is 2.24. The van der Waals surface area contributed by atoms with Crippen LogP contribution in [0.1, 0.15) is 10.4 Å². The number of amides is 1. The molecule has 8 heteroatoms. The molecule has 2 heterocycles. The van der Waals surface area contributed by atoms with Crippen molar-refractivity contribution in [2.75, 3.05) is 50.5 Å². The summed E-state index contributed by atoms with van der Waals surface area (Å²) in [6.45, 7) is 4.68. The van der Waals surface area contributed by atoms with E-state index in [4.69, 9.17) is 9.72 Å². The van der Waals surface area contributed by atoms with Gasteiger partial charge in [-0.05, 0) is 52.5 Å². The molecule has 152 valence electrons. The second-order valence-corrected chi connectivity index (χ2v) is 9.46. The molecule has 5 nitrogen and oxygen atoms in total. The van der Waals surface area contributed by atoms with Gasteiger partial charge in [-0.1, -0.05) is 23.5 Å². The van der Waals surface area contributed by atoms with Gasteiger partial charge in [0.2, 0.25) is 0 Å². The van der Waals surface area contributed by atoms with E-state index in [1.165, 1.54) is 4.90 Å². The molecule has 0 spiro atoms. The molecular formula is C21H22BrN3O2S2. The van der Waals surface area contributed by atoms with Crippen molar-refractivity contribution in [1.82, 2.24) is 9.88 Å². The summed E-state index contributed by atoms with van der Waals surface area (Å²) in [6.07, 6.45) is 2.06. The molecule has 1 amide bonds. The molecule has 29 heavy (non-hydrogen) atoms. The first kappa shape index (κ1) is 20.8. The van der Waals surface area contributed by atoms with E-state index >= 15 is 0 Å². The SMILES string of the molecule is CSc1ccc2nc(N(CCN3CCOCC3)C(=O)c3ccccc3Br)sc2c1. The van der Waals surface area contributed by atoms with Crippen LogP contribution < -0.4 is 4.90 Å². The number of thiazole rings is 1. The summed E-state index contributed by atoms with van der Waals surface area (Å²) in [5.74, 6) is -0.0325. The minimum atomic E-state index is -0.0325. The van der Waals surface area contributed by atoms with E-state index in [9.17, 15) is 4.79 Å². The first-order chi connectivity index (χ1) is 14.2. The van der Waals surface area contributed by atoms with E-state index in [-0.39, 0.29) is 5.91 Å². The molecule has 2 aromatic carbocycles. The predicted molar refractivity (Wildman–Crippen MR) is 124 cm³/mol. The number of morpholine rings is 1. The number of halogens is 1. The molecule has 1 aromatic heterocycles. The molecule has 3 aromatic rings. The molecule has 0 unspecified atom stereocenters. The Balaban J connectivity index is 1.65. The highest BCUT2D eigenvalue weighted by atomic mass is 79.9. The quantitative estimate of drug-likeness (QED) is 0.465. The standard InChI is InChI=1S/C21H22BrN3O2S2/c1-28-15-6-7-18-19(14-15)29-21(23-18)25(9-8-24-10-12-27-13-11-24)20(26)16-4-2-3-5-17(16)22/h2-7,14H,8-13H2,1H3. The molecular weight excluding hydrogens is 470 g/mol. The van der Waals surface area contributed by atoms with Gasteiger partial charge in [0.1, 0.15) is 0 Å². The summed E-state index contributed by atoms with van der Waals surface area (Å²) in [7, 11) is 0. The van der Waals surface area contributed by atoms with Crippen LogP contribution in [0.2, 0.25) is 0 Å². The third kappa shape index (κ3) is 4.83. The number of hydrogen-bond acceptors (Lipinski definition) is 6. The van der Waals surface area contributed by atoms with Crippen LogP contribution in [-0.4, -0.2) is 61.4 Å². The lowest BCUT2D eigenvalue weighted by atomic mass is 10.2. The number of ether oxygens (including phenoxy) is 1. The van der Waals surface area contributed by atoms with Crippen LogP contribution in [0.3, 0.4) is 0 Å². The molecule has 1 aliphatic heterocycles. The minimum Gasteiger partial charge on any atom is -0.379 e. The van der Waals surface area contributed by atoms with Crippen molar-refractivity contribution >= 4 is 60.3 Å². The number of rotatable bonds is 6. The summed E-state index contributed by atoms with van der Waals surface area (Å²) < 4.78 is 7.34. The summed E-state index contributed by atoms with van der Waals surface area (Å²) in [4.78, 5) is 23.6. The Hall–Kier alpha value is -1.45. The van der Waals surface area contributed by atoms with Crippen LogP contribution in [0.15, 0.2) is 51.8 Å². The molecule has 0 saturated carbocycles. The monoisotopic (exact) mass is 491 g/mol. The molecule has 4 rings (SSSR count). The lowest BCUT2D eigenvalue weighted by molar-refractivity contribution is 0.0391. The van der Waals surface area contributed by atoms with Crippen molar-refractivity contribution in [3.05, 3.63) is 52.5 Å². The molecule has 0 bridgehead atoms.